The van der Waals surface area contributed by atoms with Gasteiger partial charge in [0.25, 0.3) is 0 Å². The molecule has 3 aromatic rings. The smallest absolute Gasteiger partial charge is 0.208 e. The number of hydrogen-bond donors (Lipinski definition) is 0. The summed E-state index contributed by atoms with van der Waals surface area (Å²) in [7, 11) is 1.96. The van der Waals surface area contributed by atoms with Crippen molar-refractivity contribution in [3.8, 4) is 10.7 Å². The number of nitrogens with zero attached hydrogens (tertiary/aromatic N) is 4. The molecular weight excluding hydrogens is 299 g/mol. The monoisotopic (exact) mass is 314 g/mol. The van der Waals surface area contributed by atoms with Gasteiger partial charge in [-0.05, 0) is 36.8 Å². The number of hydrogen-bond acceptors (Lipinski definition) is 5. The molecule has 0 saturated carbocycles. The summed E-state index contributed by atoms with van der Waals surface area (Å²) >= 11 is 1.49. The summed E-state index contributed by atoms with van der Waals surface area (Å²) in [5, 5.41) is 10.0. The zero-order chi connectivity index (χ0) is 15.5. The molecule has 0 aliphatic rings. The van der Waals surface area contributed by atoms with E-state index in [4.69, 9.17) is 0 Å². The SMILES string of the molecule is CC(c1ccc(F)cc1)N(C)c1nnc(-c2ccccn2)s1. The Hall–Kier alpha value is -2.34. The Morgan fingerprint density at radius 2 is 1.86 bits per heavy atom. The van der Waals surface area contributed by atoms with Crippen LogP contribution in [0, 0.1) is 5.82 Å². The molecule has 0 bridgehead atoms. The Kier molecular flexibility index (Phi) is 4.11. The molecule has 0 fully saturated rings. The van der Waals surface area contributed by atoms with Crippen molar-refractivity contribution in [2.75, 3.05) is 11.9 Å². The number of anilines is 1. The van der Waals surface area contributed by atoms with Gasteiger partial charge in [0.05, 0.1) is 6.04 Å². The van der Waals surface area contributed by atoms with Crippen LogP contribution in [-0.2, 0) is 0 Å². The van der Waals surface area contributed by atoms with E-state index in [1.165, 1.54) is 23.5 Å². The molecule has 2 heterocycles. The fourth-order valence-corrected chi connectivity index (χ4v) is 2.95. The van der Waals surface area contributed by atoms with Gasteiger partial charge in [0.15, 0.2) is 5.01 Å². The Bertz CT molecular complexity index is 742. The predicted octanol–water partition coefficient (Wildman–Crippen LogP) is 3.94. The number of rotatable bonds is 4. The molecule has 0 amide bonds. The molecule has 0 N–H and O–H groups in total. The fourth-order valence-electron chi connectivity index (χ4n) is 2.08. The maximum absolute atomic E-state index is 13.0. The summed E-state index contributed by atoms with van der Waals surface area (Å²) in [5.41, 5.74) is 1.84. The van der Waals surface area contributed by atoms with Crippen LogP contribution < -0.4 is 4.90 Å². The first kappa shape index (κ1) is 14.6. The predicted molar refractivity (Wildman–Crippen MR) is 86.4 cm³/mol. The number of halogens is 1. The van der Waals surface area contributed by atoms with Crippen molar-refractivity contribution in [3.05, 3.63) is 60.0 Å². The highest BCUT2D eigenvalue weighted by Crippen LogP contribution is 2.31. The van der Waals surface area contributed by atoms with Crippen molar-refractivity contribution >= 4 is 16.5 Å². The minimum absolute atomic E-state index is 0.0742. The number of pyridine rings is 1. The van der Waals surface area contributed by atoms with Gasteiger partial charge >= 0.3 is 0 Å². The van der Waals surface area contributed by atoms with Crippen molar-refractivity contribution in [1.29, 1.82) is 0 Å². The summed E-state index contributed by atoms with van der Waals surface area (Å²) in [4.78, 5) is 6.31. The minimum Gasteiger partial charge on any atom is -0.343 e. The first-order valence-electron chi connectivity index (χ1n) is 6.88. The average Bonchev–Trinajstić information content (AvgIpc) is 3.05. The van der Waals surface area contributed by atoms with Crippen molar-refractivity contribution in [3.63, 3.8) is 0 Å². The fraction of sp³-hybridized carbons (Fsp3) is 0.188. The van der Waals surface area contributed by atoms with Gasteiger partial charge in [0, 0.05) is 13.2 Å². The molecule has 3 rings (SSSR count). The van der Waals surface area contributed by atoms with Crippen LogP contribution in [0.1, 0.15) is 18.5 Å². The lowest BCUT2D eigenvalue weighted by Crippen LogP contribution is -2.21. The normalized spacial score (nSPS) is 12.1. The first-order valence-corrected chi connectivity index (χ1v) is 7.70. The van der Waals surface area contributed by atoms with Crippen molar-refractivity contribution in [2.45, 2.75) is 13.0 Å². The zero-order valence-electron chi connectivity index (χ0n) is 12.3. The van der Waals surface area contributed by atoms with Crippen molar-refractivity contribution in [1.82, 2.24) is 15.2 Å². The van der Waals surface area contributed by atoms with E-state index in [0.29, 0.717) is 0 Å². The van der Waals surface area contributed by atoms with Crippen LogP contribution in [0.2, 0.25) is 0 Å². The second kappa shape index (κ2) is 6.19. The maximum Gasteiger partial charge on any atom is 0.208 e. The highest BCUT2D eigenvalue weighted by molar-refractivity contribution is 7.18. The molecule has 6 heteroatoms. The van der Waals surface area contributed by atoms with Crippen LogP contribution in [0.5, 0.6) is 0 Å². The highest BCUT2D eigenvalue weighted by atomic mass is 32.1. The molecule has 112 valence electrons. The lowest BCUT2D eigenvalue weighted by molar-refractivity contribution is 0.625. The molecule has 0 aliphatic carbocycles. The summed E-state index contributed by atoms with van der Waals surface area (Å²) < 4.78 is 13.0. The van der Waals surface area contributed by atoms with E-state index in [1.54, 1.807) is 18.3 Å². The summed E-state index contributed by atoms with van der Waals surface area (Å²) in [5.74, 6) is -0.230. The van der Waals surface area contributed by atoms with E-state index >= 15 is 0 Å². The summed E-state index contributed by atoms with van der Waals surface area (Å²) in [6, 6.07) is 12.3. The second-order valence-corrected chi connectivity index (χ2v) is 5.90. The molecule has 0 radical (unpaired) electrons. The number of aromatic nitrogens is 3. The van der Waals surface area contributed by atoms with Gasteiger partial charge in [-0.2, -0.15) is 0 Å². The van der Waals surface area contributed by atoms with E-state index < -0.39 is 0 Å². The van der Waals surface area contributed by atoms with Gasteiger partial charge < -0.3 is 4.90 Å². The average molecular weight is 314 g/mol. The van der Waals surface area contributed by atoms with Crippen LogP contribution in [0.4, 0.5) is 9.52 Å². The van der Waals surface area contributed by atoms with Gasteiger partial charge in [-0.15, -0.1) is 10.2 Å². The van der Waals surface area contributed by atoms with E-state index in [0.717, 1.165) is 21.4 Å². The largest absolute Gasteiger partial charge is 0.343 e. The summed E-state index contributed by atoms with van der Waals surface area (Å²) in [6.45, 7) is 2.05. The van der Waals surface area contributed by atoms with Gasteiger partial charge in [-0.25, -0.2) is 4.39 Å². The van der Waals surface area contributed by atoms with E-state index in [1.807, 2.05) is 30.1 Å². The maximum atomic E-state index is 13.0. The highest BCUT2D eigenvalue weighted by Gasteiger charge is 2.17. The molecular formula is C16H15FN4S. The van der Waals surface area contributed by atoms with E-state index in [9.17, 15) is 4.39 Å². The zero-order valence-corrected chi connectivity index (χ0v) is 13.1. The molecule has 22 heavy (non-hydrogen) atoms. The third-order valence-corrected chi connectivity index (χ3v) is 4.57. The van der Waals surface area contributed by atoms with Crippen LogP contribution in [0.3, 0.4) is 0 Å². The van der Waals surface area contributed by atoms with Gasteiger partial charge in [0.1, 0.15) is 11.5 Å². The van der Waals surface area contributed by atoms with Crippen molar-refractivity contribution < 1.29 is 4.39 Å². The standard InChI is InChI=1S/C16H15FN4S/c1-11(12-6-8-13(17)9-7-12)21(2)16-20-19-15(22-16)14-5-3-4-10-18-14/h3-11H,1-2H3. The summed E-state index contributed by atoms with van der Waals surface area (Å²) in [6.07, 6.45) is 1.74. The Balaban J connectivity index is 1.82. The Labute approximate surface area is 132 Å². The number of benzene rings is 1. The van der Waals surface area contributed by atoms with E-state index in [-0.39, 0.29) is 11.9 Å². The lowest BCUT2D eigenvalue weighted by atomic mass is 10.1. The third kappa shape index (κ3) is 2.96. The van der Waals surface area contributed by atoms with Gasteiger partial charge in [-0.1, -0.05) is 29.5 Å². The quantitative estimate of drug-likeness (QED) is 0.731. The molecule has 0 aliphatic heterocycles. The molecule has 0 saturated heterocycles. The van der Waals surface area contributed by atoms with Crippen LogP contribution in [0.15, 0.2) is 48.7 Å². The molecule has 1 aromatic carbocycles. The second-order valence-electron chi connectivity index (χ2n) is 4.94. The first-order chi connectivity index (χ1) is 10.6. The molecule has 0 spiro atoms. The van der Waals surface area contributed by atoms with Crippen LogP contribution >= 0.6 is 11.3 Å². The topological polar surface area (TPSA) is 41.9 Å². The molecule has 4 nitrogen and oxygen atoms in total. The molecule has 2 aromatic heterocycles. The lowest BCUT2D eigenvalue weighted by Gasteiger charge is -2.24. The van der Waals surface area contributed by atoms with Crippen molar-refractivity contribution in [2.24, 2.45) is 0 Å². The molecule has 1 unspecified atom stereocenters. The van der Waals surface area contributed by atoms with Gasteiger partial charge in [-0.3, -0.25) is 4.98 Å². The Morgan fingerprint density at radius 1 is 1.09 bits per heavy atom. The van der Waals surface area contributed by atoms with Crippen LogP contribution in [0.25, 0.3) is 10.7 Å². The van der Waals surface area contributed by atoms with Crippen LogP contribution in [-0.4, -0.2) is 22.2 Å². The minimum atomic E-state index is -0.230. The van der Waals surface area contributed by atoms with E-state index in [2.05, 4.69) is 22.1 Å². The third-order valence-electron chi connectivity index (χ3n) is 3.53. The van der Waals surface area contributed by atoms with Gasteiger partial charge in [0.2, 0.25) is 5.13 Å². The Morgan fingerprint density at radius 3 is 2.55 bits per heavy atom. The molecule has 1 atom stereocenters.